The van der Waals surface area contributed by atoms with Crippen molar-refractivity contribution in [3.8, 4) is 11.1 Å². The fourth-order valence-electron chi connectivity index (χ4n) is 4.54. The second-order valence-electron chi connectivity index (χ2n) is 9.21. The highest BCUT2D eigenvalue weighted by atomic mass is 35.5. The highest BCUT2D eigenvalue weighted by molar-refractivity contribution is 7.92. The van der Waals surface area contributed by atoms with Crippen molar-refractivity contribution in [2.45, 2.75) is 56.0 Å². The molecule has 0 bridgehead atoms. The van der Waals surface area contributed by atoms with Gasteiger partial charge in [0.1, 0.15) is 4.90 Å². The van der Waals surface area contributed by atoms with E-state index in [4.69, 9.17) is 22.3 Å². The van der Waals surface area contributed by atoms with E-state index >= 15 is 0 Å². The molecule has 4 N–H and O–H groups in total. The Morgan fingerprint density at radius 3 is 2.38 bits per heavy atom. The van der Waals surface area contributed by atoms with E-state index in [1.807, 2.05) is 12.3 Å². The van der Waals surface area contributed by atoms with Gasteiger partial charge in [0.15, 0.2) is 0 Å². The zero-order chi connectivity index (χ0) is 26.0. The third kappa shape index (κ3) is 5.66. The molecule has 9 nitrogen and oxygen atoms in total. The zero-order valence-corrected chi connectivity index (χ0v) is 21.9. The summed E-state index contributed by atoms with van der Waals surface area (Å²) in [6.07, 6.45) is 9.85. The SMILES string of the molecule is CCc1cc(-c2cnc(NS(=O)(=O)c3ccccc3Cl)nc2)cc2cnc(NC3CCC(N)CC3)nc12. The molecular weight excluding hydrogens is 510 g/mol. The predicted octanol–water partition coefficient (Wildman–Crippen LogP) is 4.79. The first-order valence-corrected chi connectivity index (χ1v) is 14.1. The smallest absolute Gasteiger partial charge is 0.265 e. The van der Waals surface area contributed by atoms with E-state index in [9.17, 15) is 8.42 Å². The van der Waals surface area contributed by atoms with Crippen LogP contribution in [0.25, 0.3) is 22.0 Å². The number of nitrogens with one attached hydrogen (secondary N) is 2. The molecule has 1 saturated carbocycles. The van der Waals surface area contributed by atoms with Gasteiger partial charge in [0.2, 0.25) is 11.9 Å². The lowest BCUT2D eigenvalue weighted by atomic mass is 9.92. The fraction of sp³-hybridized carbons (Fsp3) is 0.308. The first-order chi connectivity index (χ1) is 17.8. The van der Waals surface area contributed by atoms with E-state index < -0.39 is 10.0 Å². The summed E-state index contributed by atoms with van der Waals surface area (Å²) in [5.41, 5.74) is 9.65. The van der Waals surface area contributed by atoms with Crippen LogP contribution in [-0.2, 0) is 16.4 Å². The number of nitrogens with zero attached hydrogens (tertiary/aromatic N) is 4. The largest absolute Gasteiger partial charge is 0.351 e. The Morgan fingerprint density at radius 2 is 1.68 bits per heavy atom. The van der Waals surface area contributed by atoms with E-state index in [0.29, 0.717) is 18.0 Å². The van der Waals surface area contributed by atoms with Crippen molar-refractivity contribution in [1.29, 1.82) is 0 Å². The number of hydrogen-bond donors (Lipinski definition) is 3. The summed E-state index contributed by atoms with van der Waals surface area (Å²) in [5, 5.41) is 4.50. The van der Waals surface area contributed by atoms with Crippen LogP contribution in [0.2, 0.25) is 5.02 Å². The lowest BCUT2D eigenvalue weighted by Gasteiger charge is -2.26. The molecule has 2 aromatic carbocycles. The van der Waals surface area contributed by atoms with Crippen molar-refractivity contribution < 1.29 is 8.42 Å². The molecular formula is C26H28ClN7O2S. The van der Waals surface area contributed by atoms with Gasteiger partial charge < -0.3 is 11.1 Å². The van der Waals surface area contributed by atoms with Crippen LogP contribution in [0, 0.1) is 0 Å². The number of anilines is 2. The minimum absolute atomic E-state index is 0.0348. The highest BCUT2D eigenvalue weighted by Crippen LogP contribution is 2.29. The third-order valence-corrected chi connectivity index (χ3v) is 8.41. The summed E-state index contributed by atoms with van der Waals surface area (Å²) in [7, 11) is -3.91. The molecule has 2 heterocycles. The molecule has 37 heavy (non-hydrogen) atoms. The van der Waals surface area contributed by atoms with Gasteiger partial charge in [0.25, 0.3) is 10.0 Å². The number of hydrogen-bond acceptors (Lipinski definition) is 8. The van der Waals surface area contributed by atoms with Gasteiger partial charge in [-0.15, -0.1) is 0 Å². The zero-order valence-electron chi connectivity index (χ0n) is 20.4. The van der Waals surface area contributed by atoms with Crippen LogP contribution in [-0.4, -0.2) is 40.4 Å². The molecule has 192 valence electrons. The molecule has 1 aliphatic carbocycles. The molecule has 11 heteroatoms. The lowest BCUT2D eigenvalue weighted by molar-refractivity contribution is 0.410. The number of nitrogens with two attached hydrogens (primary N) is 1. The molecule has 4 aromatic rings. The molecule has 0 atom stereocenters. The van der Waals surface area contributed by atoms with Gasteiger partial charge >= 0.3 is 0 Å². The lowest BCUT2D eigenvalue weighted by Crippen LogP contribution is -2.33. The summed E-state index contributed by atoms with van der Waals surface area (Å²) < 4.78 is 27.7. The average Bonchev–Trinajstić information content (AvgIpc) is 2.90. The summed E-state index contributed by atoms with van der Waals surface area (Å²) in [6.45, 7) is 2.08. The van der Waals surface area contributed by atoms with E-state index in [2.05, 4.69) is 38.0 Å². The molecule has 1 aliphatic rings. The summed E-state index contributed by atoms with van der Waals surface area (Å²) in [6, 6.07) is 10.9. The van der Waals surface area contributed by atoms with Crippen molar-refractivity contribution in [3.05, 3.63) is 65.6 Å². The Kier molecular flexibility index (Phi) is 7.23. The topological polar surface area (TPSA) is 136 Å². The van der Waals surface area contributed by atoms with Crippen molar-refractivity contribution in [2.24, 2.45) is 5.73 Å². The van der Waals surface area contributed by atoms with Crippen LogP contribution in [0.1, 0.15) is 38.2 Å². The minimum atomic E-state index is -3.91. The van der Waals surface area contributed by atoms with Crippen molar-refractivity contribution in [3.63, 3.8) is 0 Å². The second kappa shape index (κ2) is 10.6. The van der Waals surface area contributed by atoms with Crippen molar-refractivity contribution in [1.82, 2.24) is 19.9 Å². The Balaban J connectivity index is 1.37. The quantitative estimate of drug-likeness (QED) is 0.306. The van der Waals surface area contributed by atoms with Crippen molar-refractivity contribution in [2.75, 3.05) is 10.0 Å². The van der Waals surface area contributed by atoms with Crippen LogP contribution >= 0.6 is 11.6 Å². The molecule has 0 aliphatic heterocycles. The monoisotopic (exact) mass is 537 g/mol. The molecule has 0 radical (unpaired) electrons. The second-order valence-corrected chi connectivity index (χ2v) is 11.3. The maximum Gasteiger partial charge on any atom is 0.265 e. The Morgan fingerprint density at radius 1 is 0.973 bits per heavy atom. The summed E-state index contributed by atoms with van der Waals surface area (Å²) in [4.78, 5) is 17.8. The van der Waals surface area contributed by atoms with Crippen LogP contribution < -0.4 is 15.8 Å². The highest BCUT2D eigenvalue weighted by Gasteiger charge is 2.20. The predicted molar refractivity (Wildman–Crippen MR) is 146 cm³/mol. The Bertz CT molecular complexity index is 1520. The first-order valence-electron chi connectivity index (χ1n) is 12.2. The number of sulfonamides is 1. The number of halogens is 1. The van der Waals surface area contributed by atoms with Gasteiger partial charge in [-0.1, -0.05) is 30.7 Å². The molecule has 0 amide bonds. The van der Waals surface area contributed by atoms with Gasteiger partial charge in [-0.25, -0.2) is 33.1 Å². The molecule has 0 saturated heterocycles. The van der Waals surface area contributed by atoms with Gasteiger partial charge in [0, 0.05) is 41.6 Å². The average molecular weight is 538 g/mol. The van der Waals surface area contributed by atoms with E-state index in [1.165, 1.54) is 12.1 Å². The summed E-state index contributed by atoms with van der Waals surface area (Å²) >= 11 is 6.04. The van der Waals surface area contributed by atoms with Gasteiger partial charge in [0.05, 0.1) is 10.5 Å². The molecule has 5 rings (SSSR count). The number of aromatic nitrogens is 4. The van der Waals surface area contributed by atoms with Crippen molar-refractivity contribution >= 4 is 44.4 Å². The Labute approximate surface area is 221 Å². The molecule has 1 fully saturated rings. The van der Waals surface area contributed by atoms with E-state index in [0.717, 1.165) is 59.7 Å². The number of fused-ring (bicyclic) bond motifs is 1. The normalized spacial score (nSPS) is 18.0. The van der Waals surface area contributed by atoms with Crippen LogP contribution in [0.15, 0.2) is 59.9 Å². The van der Waals surface area contributed by atoms with Gasteiger partial charge in [-0.3, -0.25) is 0 Å². The van der Waals surface area contributed by atoms with Gasteiger partial charge in [-0.05, 0) is 67.5 Å². The number of aryl methyl sites for hydroxylation is 1. The molecule has 0 spiro atoms. The maximum absolute atomic E-state index is 12.7. The third-order valence-electron chi connectivity index (χ3n) is 6.58. The van der Waals surface area contributed by atoms with Crippen LogP contribution in [0.4, 0.5) is 11.9 Å². The molecule has 0 unspecified atom stereocenters. The number of rotatable bonds is 7. The van der Waals surface area contributed by atoms with E-state index in [-0.39, 0.29) is 15.9 Å². The standard InChI is InChI=1S/C26H28ClN7O2S/c1-2-16-11-17(12-18-13-31-26(33-24(16)18)32-21-9-7-20(28)8-10-21)19-14-29-25(30-15-19)34-37(35,36)23-6-4-3-5-22(23)27/h3-6,11-15,20-21H,2,7-10,28H2,1H3,(H,29,30,34)(H,31,32,33). The minimum Gasteiger partial charge on any atom is -0.351 e. The molecule has 2 aromatic heterocycles. The Hall–Kier alpha value is -3.34. The number of benzene rings is 2. The van der Waals surface area contributed by atoms with Crippen LogP contribution in [0.5, 0.6) is 0 Å². The first kappa shape index (κ1) is 25.3. The van der Waals surface area contributed by atoms with Crippen LogP contribution in [0.3, 0.4) is 0 Å². The van der Waals surface area contributed by atoms with E-state index in [1.54, 1.807) is 24.5 Å². The maximum atomic E-state index is 12.7. The fourth-order valence-corrected chi connectivity index (χ4v) is 6.02. The van der Waals surface area contributed by atoms with Gasteiger partial charge in [-0.2, -0.15) is 0 Å². The summed E-state index contributed by atoms with van der Waals surface area (Å²) in [5.74, 6) is 0.594.